The lowest BCUT2D eigenvalue weighted by molar-refractivity contribution is -0.120. The third-order valence-electron chi connectivity index (χ3n) is 5.08. The van der Waals surface area contributed by atoms with Crippen molar-refractivity contribution in [2.24, 2.45) is 0 Å². The molecule has 1 aliphatic heterocycles. The number of carbonyl (C=O) groups is 1. The van der Waals surface area contributed by atoms with Crippen LogP contribution in [0, 0.1) is 0 Å². The molecule has 27 heavy (non-hydrogen) atoms. The molecule has 4 nitrogen and oxygen atoms in total. The summed E-state index contributed by atoms with van der Waals surface area (Å²) in [6.07, 6.45) is 0.404. The van der Waals surface area contributed by atoms with Crippen LogP contribution in [0.15, 0.2) is 60.0 Å². The van der Waals surface area contributed by atoms with Gasteiger partial charge >= 0.3 is 0 Å². The quantitative estimate of drug-likeness (QED) is 0.710. The Morgan fingerprint density at radius 2 is 1.89 bits per heavy atom. The summed E-state index contributed by atoms with van der Waals surface area (Å²) in [5.74, 6) is 0.0705. The van der Waals surface area contributed by atoms with Crippen LogP contribution in [0.25, 0.3) is 10.8 Å². The molecule has 1 aromatic heterocycles. The number of ether oxygens (including phenoxy) is 1. The molecular formula is C22H24N2O2S. The SMILES string of the molecule is O=C(Cc1cccc2ccccc12)NC[C@H](c1cccs1)N1CCOCC1. The van der Waals surface area contributed by atoms with Gasteiger partial charge in [0.1, 0.15) is 0 Å². The van der Waals surface area contributed by atoms with Crippen LogP contribution in [0.5, 0.6) is 0 Å². The minimum absolute atomic E-state index is 0.0705. The number of nitrogens with zero attached hydrogens (tertiary/aromatic N) is 1. The molecule has 0 bridgehead atoms. The van der Waals surface area contributed by atoms with E-state index in [0.29, 0.717) is 13.0 Å². The average molecular weight is 381 g/mol. The van der Waals surface area contributed by atoms with Crippen LogP contribution in [0.4, 0.5) is 0 Å². The van der Waals surface area contributed by atoms with Crippen molar-refractivity contribution in [1.29, 1.82) is 0 Å². The van der Waals surface area contributed by atoms with Crippen LogP contribution < -0.4 is 5.32 Å². The number of benzene rings is 2. The number of morpholine rings is 1. The Morgan fingerprint density at radius 3 is 2.70 bits per heavy atom. The minimum Gasteiger partial charge on any atom is -0.379 e. The molecule has 140 valence electrons. The summed E-state index contributed by atoms with van der Waals surface area (Å²) in [4.78, 5) is 16.4. The van der Waals surface area contributed by atoms with Crippen LogP contribution in [0.3, 0.4) is 0 Å². The largest absolute Gasteiger partial charge is 0.379 e. The van der Waals surface area contributed by atoms with Gasteiger partial charge in [-0.05, 0) is 27.8 Å². The number of fused-ring (bicyclic) bond motifs is 1. The first kappa shape index (κ1) is 18.2. The summed E-state index contributed by atoms with van der Waals surface area (Å²) >= 11 is 1.75. The summed E-state index contributed by atoms with van der Waals surface area (Å²) in [5.41, 5.74) is 1.07. The lowest BCUT2D eigenvalue weighted by atomic mass is 10.0. The second-order valence-corrected chi connectivity index (χ2v) is 7.78. The van der Waals surface area contributed by atoms with Gasteiger partial charge < -0.3 is 10.1 Å². The molecule has 4 rings (SSSR count). The van der Waals surface area contributed by atoms with Gasteiger partial charge in [-0.25, -0.2) is 0 Å². The summed E-state index contributed by atoms with van der Waals surface area (Å²) < 4.78 is 5.49. The number of thiophene rings is 1. The van der Waals surface area contributed by atoms with Gasteiger partial charge in [0.25, 0.3) is 0 Å². The Labute approximate surface area is 163 Å². The first-order valence-corrected chi connectivity index (χ1v) is 10.3. The van der Waals surface area contributed by atoms with E-state index < -0.39 is 0 Å². The van der Waals surface area contributed by atoms with Gasteiger partial charge in [0.05, 0.1) is 25.7 Å². The predicted molar refractivity (Wildman–Crippen MR) is 110 cm³/mol. The summed E-state index contributed by atoms with van der Waals surface area (Å²) in [6.45, 7) is 3.95. The summed E-state index contributed by atoms with van der Waals surface area (Å²) in [7, 11) is 0. The highest BCUT2D eigenvalue weighted by Crippen LogP contribution is 2.25. The van der Waals surface area contributed by atoms with E-state index in [1.165, 1.54) is 10.3 Å². The van der Waals surface area contributed by atoms with Crippen molar-refractivity contribution in [3.8, 4) is 0 Å². The van der Waals surface area contributed by atoms with Crippen molar-refractivity contribution in [3.63, 3.8) is 0 Å². The van der Waals surface area contributed by atoms with Crippen molar-refractivity contribution >= 4 is 28.0 Å². The standard InChI is InChI=1S/C22H24N2O2S/c25-22(15-18-7-3-6-17-5-1-2-8-19(17)18)23-16-20(21-9-4-14-27-21)24-10-12-26-13-11-24/h1-9,14,20H,10-13,15-16H2,(H,23,25)/t20-/m1/s1. The zero-order valence-corrected chi connectivity index (χ0v) is 16.1. The fourth-order valence-corrected chi connectivity index (χ4v) is 4.53. The van der Waals surface area contributed by atoms with E-state index in [2.05, 4.69) is 45.9 Å². The maximum absolute atomic E-state index is 12.7. The van der Waals surface area contributed by atoms with Crippen molar-refractivity contribution in [2.45, 2.75) is 12.5 Å². The van der Waals surface area contributed by atoms with E-state index in [-0.39, 0.29) is 11.9 Å². The molecule has 1 N–H and O–H groups in total. The molecule has 0 spiro atoms. The van der Waals surface area contributed by atoms with Gasteiger partial charge in [-0.3, -0.25) is 9.69 Å². The second kappa shape index (κ2) is 8.65. The van der Waals surface area contributed by atoms with Crippen LogP contribution in [-0.2, 0) is 16.0 Å². The number of hydrogen-bond acceptors (Lipinski definition) is 4. The molecular weight excluding hydrogens is 356 g/mol. The Bertz CT molecular complexity index is 883. The third kappa shape index (κ3) is 4.38. The zero-order valence-electron chi connectivity index (χ0n) is 15.3. The first-order valence-electron chi connectivity index (χ1n) is 9.40. The maximum atomic E-state index is 12.7. The van der Waals surface area contributed by atoms with E-state index >= 15 is 0 Å². The molecule has 1 atom stereocenters. The molecule has 5 heteroatoms. The average Bonchev–Trinajstić information content (AvgIpc) is 3.24. The fraction of sp³-hybridized carbons (Fsp3) is 0.318. The van der Waals surface area contributed by atoms with Gasteiger partial charge in [0, 0.05) is 24.5 Å². The molecule has 1 fully saturated rings. The lowest BCUT2D eigenvalue weighted by Crippen LogP contribution is -2.43. The Balaban J connectivity index is 1.43. The zero-order chi connectivity index (χ0) is 18.5. The minimum atomic E-state index is 0.0705. The van der Waals surface area contributed by atoms with E-state index in [1.54, 1.807) is 11.3 Å². The Morgan fingerprint density at radius 1 is 1.07 bits per heavy atom. The molecule has 2 heterocycles. The summed E-state index contributed by atoms with van der Waals surface area (Å²) in [6, 6.07) is 18.8. The van der Waals surface area contributed by atoms with E-state index in [0.717, 1.165) is 37.3 Å². The fourth-order valence-electron chi connectivity index (χ4n) is 3.67. The number of amides is 1. The van der Waals surface area contributed by atoms with Crippen LogP contribution >= 0.6 is 11.3 Å². The molecule has 3 aromatic rings. The van der Waals surface area contributed by atoms with E-state index in [9.17, 15) is 4.79 Å². The van der Waals surface area contributed by atoms with Gasteiger partial charge in [-0.15, -0.1) is 11.3 Å². The lowest BCUT2D eigenvalue weighted by Gasteiger charge is -2.34. The van der Waals surface area contributed by atoms with Gasteiger partial charge in [-0.1, -0.05) is 48.5 Å². The number of carbonyl (C=O) groups excluding carboxylic acids is 1. The van der Waals surface area contributed by atoms with Crippen molar-refractivity contribution < 1.29 is 9.53 Å². The third-order valence-corrected chi connectivity index (χ3v) is 6.06. The number of rotatable bonds is 6. The highest BCUT2D eigenvalue weighted by atomic mass is 32.1. The Kier molecular flexibility index (Phi) is 5.82. The maximum Gasteiger partial charge on any atom is 0.224 e. The van der Waals surface area contributed by atoms with Gasteiger partial charge in [0.2, 0.25) is 5.91 Å². The van der Waals surface area contributed by atoms with Crippen molar-refractivity contribution in [2.75, 3.05) is 32.8 Å². The van der Waals surface area contributed by atoms with Crippen molar-refractivity contribution in [3.05, 3.63) is 70.4 Å². The molecule has 1 amide bonds. The number of nitrogens with one attached hydrogen (secondary N) is 1. The molecule has 0 saturated carbocycles. The highest BCUT2D eigenvalue weighted by molar-refractivity contribution is 7.10. The predicted octanol–water partition coefficient (Wildman–Crippen LogP) is 3.63. The van der Waals surface area contributed by atoms with Crippen molar-refractivity contribution in [1.82, 2.24) is 10.2 Å². The molecule has 0 unspecified atom stereocenters. The molecule has 2 aromatic carbocycles. The normalized spacial score (nSPS) is 16.3. The topological polar surface area (TPSA) is 41.6 Å². The second-order valence-electron chi connectivity index (χ2n) is 6.80. The Hall–Kier alpha value is -2.21. The van der Waals surface area contributed by atoms with E-state index in [1.807, 2.05) is 24.3 Å². The molecule has 1 aliphatic rings. The molecule has 1 saturated heterocycles. The monoisotopic (exact) mass is 380 g/mol. The number of hydrogen-bond donors (Lipinski definition) is 1. The summed E-state index contributed by atoms with van der Waals surface area (Å²) in [5, 5.41) is 7.59. The van der Waals surface area contributed by atoms with Crippen LogP contribution in [-0.4, -0.2) is 43.7 Å². The van der Waals surface area contributed by atoms with Crippen LogP contribution in [0.2, 0.25) is 0 Å². The molecule has 0 aliphatic carbocycles. The first-order chi connectivity index (χ1) is 13.3. The van der Waals surface area contributed by atoms with Crippen LogP contribution in [0.1, 0.15) is 16.5 Å². The van der Waals surface area contributed by atoms with E-state index in [4.69, 9.17) is 4.74 Å². The molecule has 0 radical (unpaired) electrons. The highest BCUT2D eigenvalue weighted by Gasteiger charge is 2.24. The smallest absolute Gasteiger partial charge is 0.224 e. The van der Waals surface area contributed by atoms with Gasteiger partial charge in [0.15, 0.2) is 0 Å². The van der Waals surface area contributed by atoms with Gasteiger partial charge in [-0.2, -0.15) is 0 Å².